The van der Waals surface area contributed by atoms with Gasteiger partial charge < -0.3 is 38.5 Å². The molecule has 1 fully saturated rings. The number of allylic oxidation sites excluding steroid dienone is 2. The van der Waals surface area contributed by atoms with E-state index in [0.717, 1.165) is 82.6 Å². The summed E-state index contributed by atoms with van der Waals surface area (Å²) in [5.41, 5.74) is 7.02. The molecule has 16 heteroatoms. The van der Waals surface area contributed by atoms with Gasteiger partial charge in [-0.2, -0.15) is 0 Å². The summed E-state index contributed by atoms with van der Waals surface area (Å²) in [5.74, 6) is -1.81. The van der Waals surface area contributed by atoms with E-state index in [-0.39, 0.29) is 23.3 Å². The number of aldehydes is 2. The molecular formula is C64H56BBrO14. The van der Waals surface area contributed by atoms with Gasteiger partial charge in [0.15, 0.2) is 0 Å². The summed E-state index contributed by atoms with van der Waals surface area (Å²) >= 11 is 3.47. The van der Waals surface area contributed by atoms with Crippen molar-refractivity contribution in [2.24, 2.45) is 0 Å². The minimum absolute atomic E-state index is 0.0696. The number of fused-ring (bicyclic) bond motifs is 2. The van der Waals surface area contributed by atoms with Gasteiger partial charge in [0, 0.05) is 27.4 Å². The Kier molecular flexibility index (Phi) is 15.5. The van der Waals surface area contributed by atoms with Crippen LogP contribution in [0.5, 0.6) is 11.5 Å². The molecule has 0 amide bonds. The first-order valence-electron chi connectivity index (χ1n) is 25.5. The maximum Gasteiger partial charge on any atom is 0.495 e. The summed E-state index contributed by atoms with van der Waals surface area (Å²) in [7, 11) is 4.59. The normalized spacial score (nSPS) is 16.3. The van der Waals surface area contributed by atoms with E-state index in [9.17, 15) is 39.0 Å². The first-order valence-corrected chi connectivity index (χ1v) is 26.3. The Morgan fingerprint density at radius 2 is 0.963 bits per heavy atom. The number of halogens is 1. The average molecular weight is 1140 g/mol. The molecule has 8 aromatic rings. The van der Waals surface area contributed by atoms with Gasteiger partial charge in [-0.15, -0.1) is 0 Å². The molecule has 2 atom stereocenters. The number of methoxy groups -OCH3 is 4. The van der Waals surface area contributed by atoms with Gasteiger partial charge >= 0.3 is 31.0 Å². The summed E-state index contributed by atoms with van der Waals surface area (Å²) in [6, 6.07) is 32.4. The van der Waals surface area contributed by atoms with Crippen LogP contribution in [-0.2, 0) is 37.8 Å². The Hall–Kier alpha value is -8.44. The van der Waals surface area contributed by atoms with E-state index >= 15 is 0 Å². The number of carbonyl (C=O) groups excluding carboxylic acids is 6. The lowest BCUT2D eigenvalue weighted by Crippen LogP contribution is -2.41. The molecule has 1 heterocycles. The highest BCUT2D eigenvalue weighted by Gasteiger charge is 2.52. The van der Waals surface area contributed by atoms with Crippen molar-refractivity contribution in [1.29, 1.82) is 0 Å². The molecule has 0 radical (unpaired) electrons. The van der Waals surface area contributed by atoms with E-state index in [0.29, 0.717) is 49.8 Å². The molecular weight excluding hydrogens is 1080 g/mol. The molecule has 2 aliphatic carbocycles. The summed E-state index contributed by atoms with van der Waals surface area (Å²) in [6.07, 6.45) is 5.41. The number of phenolic OH excluding ortho intramolecular Hbond substituents is 2. The van der Waals surface area contributed by atoms with Crippen LogP contribution >= 0.6 is 15.9 Å². The molecule has 80 heavy (non-hydrogen) atoms. The van der Waals surface area contributed by atoms with E-state index in [1.807, 2.05) is 102 Å². The maximum atomic E-state index is 12.8. The fraction of sp³-hybridized carbons (Fsp3) is 0.219. The topological polar surface area (TPSA) is 198 Å². The molecule has 2 unspecified atom stereocenters. The van der Waals surface area contributed by atoms with Crippen LogP contribution in [0.2, 0.25) is 0 Å². The van der Waals surface area contributed by atoms with Crippen molar-refractivity contribution >= 4 is 120 Å². The minimum Gasteiger partial charge on any atom is -0.508 e. The van der Waals surface area contributed by atoms with Gasteiger partial charge in [-0.1, -0.05) is 60.1 Å². The molecule has 0 aromatic heterocycles. The van der Waals surface area contributed by atoms with Gasteiger partial charge in [-0.3, -0.25) is 9.59 Å². The number of benzene rings is 8. The molecule has 2 N–H and O–H groups in total. The van der Waals surface area contributed by atoms with Gasteiger partial charge in [0.05, 0.1) is 61.9 Å². The van der Waals surface area contributed by atoms with E-state index < -0.39 is 42.2 Å². The molecule has 11 rings (SSSR count). The lowest BCUT2D eigenvalue weighted by molar-refractivity contribution is -0.105. The molecule has 1 aliphatic heterocycles. The van der Waals surface area contributed by atoms with E-state index in [1.54, 1.807) is 60.7 Å². The van der Waals surface area contributed by atoms with Gasteiger partial charge in [-0.25, -0.2) is 19.2 Å². The zero-order valence-corrected chi connectivity index (χ0v) is 47.2. The van der Waals surface area contributed by atoms with Crippen molar-refractivity contribution < 1.29 is 67.2 Å². The Morgan fingerprint density at radius 1 is 0.525 bits per heavy atom. The van der Waals surface area contributed by atoms with Crippen LogP contribution < -0.4 is 5.46 Å². The third-order valence-electron chi connectivity index (χ3n) is 15.5. The summed E-state index contributed by atoms with van der Waals surface area (Å²) in [6.45, 7) is 11.7. The van der Waals surface area contributed by atoms with Crippen LogP contribution in [0.3, 0.4) is 0 Å². The summed E-state index contributed by atoms with van der Waals surface area (Å²) < 4.78 is 32.8. The molecule has 0 bridgehead atoms. The smallest absolute Gasteiger partial charge is 0.495 e. The second-order valence-corrected chi connectivity index (χ2v) is 21.7. The number of ether oxygens (including phenoxy) is 4. The van der Waals surface area contributed by atoms with Gasteiger partial charge in [0.25, 0.3) is 0 Å². The molecule has 3 aliphatic rings. The molecule has 0 saturated carbocycles. The third-order valence-corrected chi connectivity index (χ3v) is 16.0. The number of rotatable bonds is 8. The van der Waals surface area contributed by atoms with Gasteiger partial charge in [0.2, 0.25) is 0 Å². The number of esters is 4. The lowest BCUT2D eigenvalue weighted by Gasteiger charge is -2.32. The van der Waals surface area contributed by atoms with Crippen LogP contribution in [0.25, 0.3) is 66.4 Å². The summed E-state index contributed by atoms with van der Waals surface area (Å²) in [5, 5.41) is 27.6. The summed E-state index contributed by atoms with van der Waals surface area (Å²) in [4.78, 5) is 71.9. The second kappa shape index (κ2) is 22.0. The highest BCUT2D eigenvalue weighted by atomic mass is 79.9. The Morgan fingerprint density at radius 3 is 1.45 bits per heavy atom. The third kappa shape index (κ3) is 10.3. The fourth-order valence-corrected chi connectivity index (χ4v) is 11.0. The Labute approximate surface area is 470 Å². The first kappa shape index (κ1) is 56.3. The van der Waals surface area contributed by atoms with Crippen molar-refractivity contribution in [1.82, 2.24) is 0 Å². The number of phenols is 2. The van der Waals surface area contributed by atoms with Crippen molar-refractivity contribution in [3.05, 3.63) is 169 Å². The van der Waals surface area contributed by atoms with Crippen LogP contribution in [0.4, 0.5) is 0 Å². The zero-order chi connectivity index (χ0) is 57.7. The fourth-order valence-electron chi connectivity index (χ4n) is 10.5. The number of carbonyl (C=O) groups is 6. The first-order chi connectivity index (χ1) is 38.1. The van der Waals surface area contributed by atoms with Crippen molar-refractivity contribution in [3.63, 3.8) is 0 Å². The number of hydrogen-bond acceptors (Lipinski definition) is 14. The molecule has 406 valence electrons. The van der Waals surface area contributed by atoms with Gasteiger partial charge in [-0.05, 0) is 201 Å². The minimum atomic E-state index is -0.700. The maximum absolute atomic E-state index is 12.8. The van der Waals surface area contributed by atoms with Crippen molar-refractivity contribution in [2.45, 2.75) is 64.6 Å². The molecule has 0 spiro atoms. The largest absolute Gasteiger partial charge is 0.508 e. The monoisotopic (exact) mass is 1140 g/mol. The zero-order valence-electron chi connectivity index (χ0n) is 45.6. The lowest BCUT2D eigenvalue weighted by atomic mass is 9.74. The molecule has 1 saturated heterocycles. The average Bonchev–Trinajstić information content (AvgIpc) is 3.69. The standard InChI is InChI=1S/C29H22O6.C20H23BO6.C15H11BrO2/c1-15-22(14-30)11-21-10-20(8-17-6-7-25(31)26(15)27(17)21)23-12-16-4-5-18(28(32)34-2)9-19(16)13-24(23)29(33)35-3;1-19(2)20(3,4)27-21(26-19)16-11-12-7-8-13(17(22)24-5)9-14(12)10-15(16)18(23)25-6;1-8-11(7-17)4-10-6-12(16)5-9-2-3-13(18)14(8)15(9)10/h4-15,31H,1-3H3;7-11H,1-6H3;2-8,18H,1H3. The number of hydrogen-bond donors (Lipinski definition) is 2. The Bertz CT molecular complexity index is 3990. The van der Waals surface area contributed by atoms with Gasteiger partial charge in [0.1, 0.15) is 24.1 Å². The SMILES string of the molecule is CC1C(C=O)=Cc2cc(Br)cc3ccc(O)c1c23.COC(=O)c1ccc2cc(-c3cc4c5c(c(O)ccc5c3)C(C)C(C=O)=C4)c(C(=O)OC)cc2c1.COC(=O)c1ccc2cc(B3OC(C)(C)C(C)(C)O3)c(C(=O)OC)cc2c1. The van der Waals surface area contributed by atoms with Crippen molar-refractivity contribution in [3.8, 4) is 22.6 Å². The highest BCUT2D eigenvalue weighted by Crippen LogP contribution is 2.46. The predicted molar refractivity (Wildman–Crippen MR) is 312 cm³/mol. The van der Waals surface area contributed by atoms with Crippen LogP contribution in [-0.4, -0.2) is 93.4 Å². The van der Waals surface area contributed by atoms with E-state index in [4.69, 9.17) is 28.3 Å². The van der Waals surface area contributed by atoms with Crippen LogP contribution in [0.15, 0.2) is 125 Å². The Balaban J connectivity index is 0.000000153. The number of aromatic hydroxyl groups is 2. The molecule has 14 nitrogen and oxygen atoms in total. The second-order valence-electron chi connectivity index (χ2n) is 20.7. The van der Waals surface area contributed by atoms with E-state index in [2.05, 4.69) is 15.9 Å². The van der Waals surface area contributed by atoms with Crippen LogP contribution in [0, 0.1) is 0 Å². The predicted octanol–water partition coefficient (Wildman–Crippen LogP) is 12.4. The molecule has 8 aromatic carbocycles. The van der Waals surface area contributed by atoms with Crippen LogP contribution in [0.1, 0.15) is 117 Å². The van der Waals surface area contributed by atoms with Crippen molar-refractivity contribution in [2.75, 3.05) is 28.4 Å². The highest BCUT2D eigenvalue weighted by molar-refractivity contribution is 9.10. The quantitative estimate of drug-likeness (QED) is 0.0630. The van der Waals surface area contributed by atoms with E-state index in [1.165, 1.54) is 28.4 Å².